The van der Waals surface area contributed by atoms with Crippen molar-refractivity contribution in [3.8, 4) is 0 Å². The molecule has 3 rings (SSSR count). The molecule has 1 aliphatic rings. The molecule has 2 amide bonds. The lowest BCUT2D eigenvalue weighted by Crippen LogP contribution is -2.23. The maximum absolute atomic E-state index is 12.1. The Morgan fingerprint density at radius 2 is 2.23 bits per heavy atom. The van der Waals surface area contributed by atoms with E-state index in [0.29, 0.717) is 17.2 Å². The Balaban J connectivity index is 1.64. The first-order chi connectivity index (χ1) is 10.6. The second-order valence-corrected chi connectivity index (χ2v) is 6.67. The summed E-state index contributed by atoms with van der Waals surface area (Å²) in [5.74, 6) is -0.0185. The van der Waals surface area contributed by atoms with Gasteiger partial charge in [-0.05, 0) is 34.5 Å². The highest BCUT2D eigenvalue weighted by Crippen LogP contribution is 2.26. The van der Waals surface area contributed by atoms with Gasteiger partial charge in [-0.2, -0.15) is 0 Å². The number of carbonyl (C=O) groups excluding carboxylic acids is 2. The molecule has 1 aromatic carbocycles. The number of hydrogen-bond donors (Lipinski definition) is 1. The Morgan fingerprint density at radius 1 is 1.41 bits per heavy atom. The van der Waals surface area contributed by atoms with Crippen molar-refractivity contribution in [2.24, 2.45) is 0 Å². The predicted octanol–water partition coefficient (Wildman–Crippen LogP) is 3.21. The van der Waals surface area contributed by atoms with Gasteiger partial charge < -0.3 is 5.32 Å². The van der Waals surface area contributed by atoms with Gasteiger partial charge in [-0.25, -0.2) is 4.98 Å². The van der Waals surface area contributed by atoms with E-state index in [4.69, 9.17) is 0 Å². The topological polar surface area (TPSA) is 62.3 Å². The molecular weight excluding hydrogens is 366 g/mol. The highest BCUT2D eigenvalue weighted by atomic mass is 79.9. The van der Waals surface area contributed by atoms with Gasteiger partial charge in [0.1, 0.15) is 0 Å². The Kier molecular flexibility index (Phi) is 4.54. The molecule has 1 fully saturated rings. The first-order valence-electron chi connectivity index (χ1n) is 6.92. The maximum Gasteiger partial charge on any atom is 0.230 e. The van der Waals surface area contributed by atoms with Gasteiger partial charge in [0.25, 0.3) is 0 Å². The van der Waals surface area contributed by atoms with E-state index in [9.17, 15) is 9.59 Å². The molecule has 0 radical (unpaired) electrons. The van der Waals surface area contributed by atoms with Crippen LogP contribution in [0.1, 0.15) is 18.5 Å². The molecule has 0 unspecified atom stereocenters. The number of aromatic nitrogens is 1. The minimum absolute atomic E-state index is 0.110. The zero-order valence-corrected chi connectivity index (χ0v) is 14.1. The van der Waals surface area contributed by atoms with Crippen molar-refractivity contribution in [3.05, 3.63) is 39.8 Å². The number of nitrogens with zero attached hydrogens (tertiary/aromatic N) is 2. The molecule has 1 aromatic heterocycles. The maximum atomic E-state index is 12.1. The van der Waals surface area contributed by atoms with E-state index >= 15 is 0 Å². The van der Waals surface area contributed by atoms with Crippen LogP contribution in [0.4, 0.5) is 10.8 Å². The molecule has 22 heavy (non-hydrogen) atoms. The van der Waals surface area contributed by atoms with Crippen LogP contribution in [0.15, 0.2) is 34.1 Å². The lowest BCUT2D eigenvalue weighted by Gasteiger charge is -2.10. The first kappa shape index (κ1) is 15.2. The summed E-state index contributed by atoms with van der Waals surface area (Å²) in [4.78, 5) is 29.9. The second kappa shape index (κ2) is 6.58. The van der Waals surface area contributed by atoms with Gasteiger partial charge >= 0.3 is 0 Å². The van der Waals surface area contributed by atoms with Gasteiger partial charge in [-0.15, -0.1) is 11.3 Å². The van der Waals surface area contributed by atoms with Gasteiger partial charge in [0, 0.05) is 22.8 Å². The van der Waals surface area contributed by atoms with Gasteiger partial charge in [-0.3, -0.25) is 14.5 Å². The summed E-state index contributed by atoms with van der Waals surface area (Å²) >= 11 is 4.80. The van der Waals surface area contributed by atoms with Gasteiger partial charge in [0.15, 0.2) is 5.13 Å². The van der Waals surface area contributed by atoms with Gasteiger partial charge in [-0.1, -0.05) is 12.1 Å². The molecule has 5 nitrogen and oxygen atoms in total. The number of thiazole rings is 1. The molecule has 0 spiro atoms. The summed E-state index contributed by atoms with van der Waals surface area (Å²) in [6, 6.07) is 7.45. The second-order valence-electron chi connectivity index (χ2n) is 4.98. The fraction of sp³-hybridized carbons (Fsp3) is 0.267. The molecule has 114 valence electrons. The predicted molar refractivity (Wildman–Crippen MR) is 90.2 cm³/mol. The Bertz CT molecular complexity index is 716. The molecule has 2 aromatic rings. The van der Waals surface area contributed by atoms with Crippen LogP contribution in [0.5, 0.6) is 0 Å². The molecule has 1 aliphatic heterocycles. The Morgan fingerprint density at radius 3 is 2.95 bits per heavy atom. The largest absolute Gasteiger partial charge is 0.325 e. The van der Waals surface area contributed by atoms with E-state index < -0.39 is 0 Å². The third-order valence-corrected chi connectivity index (χ3v) is 4.94. The van der Waals surface area contributed by atoms with E-state index in [-0.39, 0.29) is 18.2 Å². The molecule has 2 heterocycles. The zero-order valence-electron chi connectivity index (χ0n) is 11.7. The SMILES string of the molecule is O=C(Cc1csc(N2CCCC2=O)n1)Nc1ccccc1Br. The molecule has 0 saturated carbocycles. The first-order valence-corrected chi connectivity index (χ1v) is 8.60. The van der Waals surface area contributed by atoms with Crippen LogP contribution in [-0.4, -0.2) is 23.3 Å². The average molecular weight is 380 g/mol. The number of halogens is 1. The quantitative estimate of drug-likeness (QED) is 0.886. The van der Waals surface area contributed by atoms with E-state index in [2.05, 4.69) is 26.2 Å². The van der Waals surface area contributed by atoms with E-state index in [1.54, 1.807) is 4.90 Å². The van der Waals surface area contributed by atoms with Crippen molar-refractivity contribution in [1.82, 2.24) is 4.98 Å². The fourth-order valence-electron chi connectivity index (χ4n) is 2.27. The van der Waals surface area contributed by atoms with Crippen LogP contribution in [0.3, 0.4) is 0 Å². The minimum Gasteiger partial charge on any atom is -0.325 e. The third kappa shape index (κ3) is 3.36. The number of anilines is 2. The molecule has 0 aliphatic carbocycles. The third-order valence-electron chi connectivity index (χ3n) is 3.33. The van der Waals surface area contributed by atoms with Crippen molar-refractivity contribution in [2.45, 2.75) is 19.3 Å². The molecule has 0 bridgehead atoms. The summed E-state index contributed by atoms with van der Waals surface area (Å²) < 4.78 is 0.838. The van der Waals surface area contributed by atoms with Crippen molar-refractivity contribution in [1.29, 1.82) is 0 Å². The summed E-state index contributed by atoms with van der Waals surface area (Å²) in [6.45, 7) is 0.717. The monoisotopic (exact) mass is 379 g/mol. The molecule has 7 heteroatoms. The summed E-state index contributed by atoms with van der Waals surface area (Å²) in [6.07, 6.45) is 1.65. The summed E-state index contributed by atoms with van der Waals surface area (Å²) in [5, 5.41) is 5.36. The Labute approximate surface area is 140 Å². The molecular formula is C15H14BrN3O2S. The van der Waals surface area contributed by atoms with Crippen molar-refractivity contribution in [2.75, 3.05) is 16.8 Å². The lowest BCUT2D eigenvalue weighted by atomic mass is 10.3. The van der Waals surface area contributed by atoms with Crippen molar-refractivity contribution < 1.29 is 9.59 Å². The van der Waals surface area contributed by atoms with Crippen LogP contribution in [-0.2, 0) is 16.0 Å². The zero-order chi connectivity index (χ0) is 15.5. The van der Waals surface area contributed by atoms with Crippen molar-refractivity contribution in [3.63, 3.8) is 0 Å². The molecule has 0 atom stereocenters. The summed E-state index contributed by atoms with van der Waals surface area (Å²) in [5.41, 5.74) is 1.42. The van der Waals surface area contributed by atoms with Crippen LogP contribution in [0, 0.1) is 0 Å². The van der Waals surface area contributed by atoms with Crippen LogP contribution in [0.25, 0.3) is 0 Å². The number of amides is 2. The van der Waals surface area contributed by atoms with Gasteiger partial charge in [0.05, 0.1) is 17.8 Å². The Hall–Kier alpha value is -1.73. The lowest BCUT2D eigenvalue weighted by molar-refractivity contribution is -0.117. The number of para-hydroxylation sites is 1. The average Bonchev–Trinajstić information content (AvgIpc) is 3.10. The van der Waals surface area contributed by atoms with Crippen LogP contribution >= 0.6 is 27.3 Å². The van der Waals surface area contributed by atoms with Crippen LogP contribution in [0.2, 0.25) is 0 Å². The normalized spacial score (nSPS) is 14.4. The fourth-order valence-corrected chi connectivity index (χ4v) is 3.52. The highest BCUT2D eigenvalue weighted by molar-refractivity contribution is 9.10. The van der Waals surface area contributed by atoms with Gasteiger partial charge in [0.2, 0.25) is 11.8 Å². The van der Waals surface area contributed by atoms with E-state index in [0.717, 1.165) is 23.1 Å². The standard InChI is InChI=1S/C15H14BrN3O2S/c16-11-4-1-2-5-12(11)18-13(20)8-10-9-22-15(17-10)19-7-3-6-14(19)21/h1-2,4-5,9H,3,6-8H2,(H,18,20). The molecule has 1 N–H and O–H groups in total. The number of nitrogens with one attached hydrogen (secondary N) is 1. The number of hydrogen-bond acceptors (Lipinski definition) is 4. The minimum atomic E-state index is -0.128. The number of rotatable bonds is 4. The van der Waals surface area contributed by atoms with Crippen molar-refractivity contribution >= 4 is 49.9 Å². The smallest absolute Gasteiger partial charge is 0.230 e. The summed E-state index contributed by atoms with van der Waals surface area (Å²) in [7, 11) is 0. The highest BCUT2D eigenvalue weighted by Gasteiger charge is 2.24. The van der Waals surface area contributed by atoms with E-state index in [1.807, 2.05) is 29.6 Å². The molecule has 1 saturated heterocycles. The number of benzene rings is 1. The number of carbonyl (C=O) groups is 2. The van der Waals surface area contributed by atoms with Crippen LogP contribution < -0.4 is 10.2 Å². The van der Waals surface area contributed by atoms with E-state index in [1.165, 1.54) is 11.3 Å².